The van der Waals surface area contributed by atoms with Gasteiger partial charge in [0.1, 0.15) is 12.4 Å². The summed E-state index contributed by atoms with van der Waals surface area (Å²) in [5, 5.41) is 3.13. The summed E-state index contributed by atoms with van der Waals surface area (Å²) in [7, 11) is 0. The number of ether oxygens (including phenoxy) is 1. The number of aryl methyl sites for hydroxylation is 1. The number of halogens is 1. The first kappa shape index (κ1) is 21.1. The molecule has 3 aliphatic rings. The van der Waals surface area contributed by atoms with Crippen molar-refractivity contribution in [3.8, 4) is 11.1 Å². The smallest absolute Gasteiger partial charge is 0.246 e. The molecule has 3 atom stereocenters. The predicted molar refractivity (Wildman–Crippen MR) is 120 cm³/mol. The molecule has 2 saturated heterocycles. The number of morpholine rings is 1. The highest BCUT2D eigenvalue weighted by molar-refractivity contribution is 5.81. The van der Waals surface area contributed by atoms with Gasteiger partial charge in [0.05, 0.1) is 18.2 Å². The quantitative estimate of drug-likeness (QED) is 0.686. The molecule has 0 radical (unpaired) electrons. The van der Waals surface area contributed by atoms with E-state index in [0.29, 0.717) is 37.0 Å². The highest BCUT2D eigenvalue weighted by Gasteiger charge is 2.54. The molecule has 0 aliphatic carbocycles. The standard InChI is InChI=1S/C26H29FN2O3/c1-17-14-26(16-32-15-23(30)28-26)22-13-19-9-6-11-21(25(19)27)20-10-4-2-7-18(20)8-3-5-12-24(31)29(17)22/h2,4,6-7,9-11,17,22H,3,5,8,12-16H2,1H3,(H,28,30). The lowest BCUT2D eigenvalue weighted by atomic mass is 9.84. The number of carbonyl (C=O) groups is 2. The zero-order valence-corrected chi connectivity index (χ0v) is 18.4. The van der Waals surface area contributed by atoms with E-state index in [0.717, 1.165) is 30.4 Å². The maximum atomic E-state index is 15.9. The van der Waals surface area contributed by atoms with Crippen molar-refractivity contribution in [2.75, 3.05) is 13.2 Å². The van der Waals surface area contributed by atoms with Crippen LogP contribution in [0, 0.1) is 5.82 Å². The van der Waals surface area contributed by atoms with Gasteiger partial charge in [-0.3, -0.25) is 9.59 Å². The minimum Gasteiger partial charge on any atom is -0.369 e. The molecule has 5 rings (SSSR count). The van der Waals surface area contributed by atoms with Gasteiger partial charge in [0.2, 0.25) is 11.8 Å². The lowest BCUT2D eigenvalue weighted by Gasteiger charge is -2.41. The maximum Gasteiger partial charge on any atom is 0.246 e. The van der Waals surface area contributed by atoms with Gasteiger partial charge >= 0.3 is 0 Å². The fraction of sp³-hybridized carbons (Fsp3) is 0.462. The van der Waals surface area contributed by atoms with Crippen molar-refractivity contribution < 1.29 is 18.7 Å². The Balaban J connectivity index is 1.62. The first-order valence-electron chi connectivity index (χ1n) is 11.5. The summed E-state index contributed by atoms with van der Waals surface area (Å²) < 4.78 is 21.5. The van der Waals surface area contributed by atoms with E-state index in [1.54, 1.807) is 6.07 Å². The summed E-state index contributed by atoms with van der Waals surface area (Å²) in [6.45, 7) is 2.38. The number of nitrogens with zero attached hydrogens (tertiary/aromatic N) is 1. The third kappa shape index (κ3) is 3.60. The zero-order valence-electron chi connectivity index (χ0n) is 18.4. The average molecular weight is 437 g/mol. The Labute approximate surface area is 187 Å². The molecule has 6 heteroatoms. The van der Waals surface area contributed by atoms with Crippen molar-refractivity contribution in [2.45, 2.75) is 63.1 Å². The van der Waals surface area contributed by atoms with Crippen molar-refractivity contribution >= 4 is 11.8 Å². The molecule has 5 nitrogen and oxygen atoms in total. The largest absolute Gasteiger partial charge is 0.369 e. The molecule has 2 aromatic carbocycles. The first-order chi connectivity index (χ1) is 15.5. The van der Waals surface area contributed by atoms with E-state index in [1.807, 2.05) is 48.2 Å². The SMILES string of the molecule is CC1CC2(COCC(=O)N2)C2Cc3cccc(c3F)-c3ccccc3CCCCC(=O)N12. The van der Waals surface area contributed by atoms with Gasteiger partial charge in [0.25, 0.3) is 0 Å². The minimum atomic E-state index is -0.690. The molecule has 0 aromatic heterocycles. The van der Waals surface area contributed by atoms with Crippen molar-refractivity contribution in [3.05, 3.63) is 59.4 Å². The second-order valence-electron chi connectivity index (χ2n) is 9.41. The highest BCUT2D eigenvalue weighted by Crippen LogP contribution is 2.39. The Bertz CT molecular complexity index is 1060. The third-order valence-electron chi connectivity index (χ3n) is 7.26. The van der Waals surface area contributed by atoms with Crippen LogP contribution in [0.2, 0.25) is 0 Å². The van der Waals surface area contributed by atoms with Crippen LogP contribution in [-0.2, 0) is 27.2 Å². The molecule has 168 valence electrons. The van der Waals surface area contributed by atoms with Crippen LogP contribution in [0.1, 0.15) is 43.7 Å². The summed E-state index contributed by atoms with van der Waals surface area (Å²) in [6.07, 6.45) is 3.84. The summed E-state index contributed by atoms with van der Waals surface area (Å²) in [5.74, 6) is -0.350. The van der Waals surface area contributed by atoms with Crippen molar-refractivity contribution in [2.24, 2.45) is 0 Å². The minimum absolute atomic E-state index is 0.0252. The van der Waals surface area contributed by atoms with Gasteiger partial charge in [-0.2, -0.15) is 0 Å². The Morgan fingerprint density at radius 2 is 1.78 bits per heavy atom. The van der Waals surface area contributed by atoms with Gasteiger partial charge < -0.3 is 15.0 Å². The number of hydrogen-bond acceptors (Lipinski definition) is 3. The molecule has 2 amide bonds. The molecule has 2 aromatic rings. The molecule has 2 fully saturated rings. The molecule has 1 spiro atoms. The molecular formula is C26H29FN2O3. The van der Waals surface area contributed by atoms with Gasteiger partial charge in [-0.15, -0.1) is 0 Å². The normalized spacial score (nSPS) is 28.2. The summed E-state index contributed by atoms with van der Waals surface area (Å²) in [5.41, 5.74) is 2.49. The van der Waals surface area contributed by atoms with E-state index in [1.165, 1.54) is 0 Å². The summed E-state index contributed by atoms with van der Waals surface area (Å²) in [4.78, 5) is 27.5. The summed E-state index contributed by atoms with van der Waals surface area (Å²) in [6, 6.07) is 13.1. The molecule has 3 heterocycles. The highest BCUT2D eigenvalue weighted by atomic mass is 19.1. The van der Waals surface area contributed by atoms with Gasteiger partial charge in [-0.1, -0.05) is 42.5 Å². The van der Waals surface area contributed by atoms with Crippen LogP contribution in [0.15, 0.2) is 42.5 Å². The number of benzene rings is 2. The number of rotatable bonds is 0. The lowest BCUT2D eigenvalue weighted by molar-refractivity contribution is -0.140. The Morgan fingerprint density at radius 1 is 1.03 bits per heavy atom. The van der Waals surface area contributed by atoms with Gasteiger partial charge in [-0.05, 0) is 55.7 Å². The van der Waals surface area contributed by atoms with Crippen LogP contribution in [-0.4, -0.2) is 47.6 Å². The van der Waals surface area contributed by atoms with Crippen molar-refractivity contribution in [1.82, 2.24) is 10.2 Å². The van der Waals surface area contributed by atoms with Gasteiger partial charge in [0, 0.05) is 18.0 Å². The van der Waals surface area contributed by atoms with Crippen molar-refractivity contribution in [1.29, 1.82) is 0 Å². The van der Waals surface area contributed by atoms with E-state index in [-0.39, 0.29) is 36.3 Å². The number of fused-ring (bicyclic) bond motifs is 6. The third-order valence-corrected chi connectivity index (χ3v) is 7.26. The Kier molecular flexibility index (Phi) is 5.49. The monoisotopic (exact) mass is 436 g/mol. The Hall–Kier alpha value is -2.73. The van der Waals surface area contributed by atoms with Crippen LogP contribution >= 0.6 is 0 Å². The zero-order chi connectivity index (χ0) is 22.3. The number of carbonyl (C=O) groups excluding carboxylic acids is 2. The molecular weight excluding hydrogens is 407 g/mol. The molecule has 0 saturated carbocycles. The van der Waals surface area contributed by atoms with Gasteiger partial charge in [0.15, 0.2) is 0 Å². The van der Waals surface area contributed by atoms with Crippen LogP contribution in [0.5, 0.6) is 0 Å². The van der Waals surface area contributed by atoms with Crippen molar-refractivity contribution in [3.63, 3.8) is 0 Å². The van der Waals surface area contributed by atoms with Crippen LogP contribution in [0.3, 0.4) is 0 Å². The van der Waals surface area contributed by atoms with E-state index < -0.39 is 5.54 Å². The second kappa shape index (κ2) is 8.32. The van der Waals surface area contributed by atoms with Crippen LogP contribution < -0.4 is 5.32 Å². The lowest BCUT2D eigenvalue weighted by Crippen LogP contribution is -2.64. The first-order valence-corrected chi connectivity index (χ1v) is 11.5. The predicted octanol–water partition coefficient (Wildman–Crippen LogP) is 3.64. The molecule has 32 heavy (non-hydrogen) atoms. The van der Waals surface area contributed by atoms with Crippen LogP contribution in [0.4, 0.5) is 4.39 Å². The Morgan fingerprint density at radius 3 is 2.62 bits per heavy atom. The van der Waals surface area contributed by atoms with E-state index in [4.69, 9.17) is 4.74 Å². The molecule has 3 aliphatic heterocycles. The topological polar surface area (TPSA) is 58.6 Å². The van der Waals surface area contributed by atoms with E-state index >= 15 is 4.39 Å². The maximum absolute atomic E-state index is 15.9. The molecule has 3 unspecified atom stereocenters. The fourth-order valence-electron chi connectivity index (χ4n) is 5.89. The van der Waals surface area contributed by atoms with Crippen LogP contribution in [0.25, 0.3) is 11.1 Å². The second-order valence-corrected chi connectivity index (χ2v) is 9.41. The fourth-order valence-corrected chi connectivity index (χ4v) is 5.89. The van der Waals surface area contributed by atoms with Gasteiger partial charge in [-0.25, -0.2) is 4.39 Å². The number of amides is 2. The molecule has 2 bridgehead atoms. The van der Waals surface area contributed by atoms with E-state index in [2.05, 4.69) is 5.32 Å². The van der Waals surface area contributed by atoms with E-state index in [9.17, 15) is 9.59 Å². The molecule has 1 N–H and O–H groups in total. The summed E-state index contributed by atoms with van der Waals surface area (Å²) >= 11 is 0. The average Bonchev–Trinajstić information content (AvgIpc) is 3.02. The number of nitrogens with one attached hydrogen (secondary N) is 1. The number of hydrogen-bond donors (Lipinski definition) is 1.